The average Bonchev–Trinajstić information content (AvgIpc) is 2.99. The van der Waals surface area contributed by atoms with Gasteiger partial charge in [0.15, 0.2) is 0 Å². The number of benzene rings is 2. The van der Waals surface area contributed by atoms with Crippen molar-refractivity contribution in [1.82, 2.24) is 9.80 Å². The van der Waals surface area contributed by atoms with E-state index in [0.29, 0.717) is 18.5 Å². The highest BCUT2D eigenvalue weighted by atomic mass is 79.9. The van der Waals surface area contributed by atoms with Crippen LogP contribution in [0, 0.1) is 6.92 Å². The summed E-state index contributed by atoms with van der Waals surface area (Å²) in [6.45, 7) is 6.99. The third-order valence-electron chi connectivity index (χ3n) is 5.54. The first-order chi connectivity index (χ1) is 15.6. The van der Waals surface area contributed by atoms with Gasteiger partial charge in [0.25, 0.3) is 11.7 Å². The number of Topliss-reactive ketones (excluding diaryl/α,β-unsaturated/α-hetero) is 1. The van der Waals surface area contributed by atoms with Gasteiger partial charge in [0.2, 0.25) is 0 Å². The minimum atomic E-state index is -0.662. The smallest absolute Gasteiger partial charge is 0.295 e. The van der Waals surface area contributed by atoms with Gasteiger partial charge >= 0.3 is 0 Å². The van der Waals surface area contributed by atoms with Gasteiger partial charge in [0.1, 0.15) is 11.5 Å². The molecule has 1 aliphatic rings. The van der Waals surface area contributed by atoms with Crippen molar-refractivity contribution in [3.8, 4) is 5.75 Å². The molecule has 1 heterocycles. The van der Waals surface area contributed by atoms with E-state index in [9.17, 15) is 14.7 Å². The number of amides is 1. The fraction of sp³-hybridized carbons (Fsp3) is 0.385. The van der Waals surface area contributed by atoms with Gasteiger partial charge in [0, 0.05) is 16.6 Å². The van der Waals surface area contributed by atoms with Crippen molar-refractivity contribution in [2.45, 2.75) is 39.3 Å². The molecule has 0 saturated carbocycles. The summed E-state index contributed by atoms with van der Waals surface area (Å²) in [5.74, 6) is -0.698. The van der Waals surface area contributed by atoms with Gasteiger partial charge in [-0.2, -0.15) is 0 Å². The summed E-state index contributed by atoms with van der Waals surface area (Å²) in [5.41, 5.74) is 2.22. The highest BCUT2D eigenvalue weighted by Crippen LogP contribution is 2.40. The van der Waals surface area contributed by atoms with E-state index in [2.05, 4.69) is 15.9 Å². The number of nitrogens with zero attached hydrogens (tertiary/aromatic N) is 2. The van der Waals surface area contributed by atoms with Crippen LogP contribution in [0.3, 0.4) is 0 Å². The summed E-state index contributed by atoms with van der Waals surface area (Å²) >= 11 is 3.44. The number of aliphatic hydroxyl groups excluding tert-OH is 1. The number of hydrogen-bond acceptors (Lipinski definition) is 5. The number of hydrogen-bond donors (Lipinski definition) is 1. The lowest BCUT2D eigenvalue weighted by Gasteiger charge is -2.26. The van der Waals surface area contributed by atoms with Crippen LogP contribution in [0.5, 0.6) is 5.75 Å². The molecular weight excluding hydrogens is 484 g/mol. The Morgan fingerprint density at radius 1 is 1.15 bits per heavy atom. The van der Waals surface area contributed by atoms with Crippen molar-refractivity contribution in [3.05, 3.63) is 69.2 Å². The zero-order valence-electron chi connectivity index (χ0n) is 19.8. The van der Waals surface area contributed by atoms with Crippen molar-refractivity contribution >= 4 is 33.4 Å². The van der Waals surface area contributed by atoms with Crippen molar-refractivity contribution < 1.29 is 19.4 Å². The molecule has 0 spiro atoms. The molecule has 7 heteroatoms. The molecule has 1 fully saturated rings. The highest BCUT2D eigenvalue weighted by Gasteiger charge is 2.45. The summed E-state index contributed by atoms with van der Waals surface area (Å²) in [4.78, 5) is 29.7. The Morgan fingerprint density at radius 2 is 1.82 bits per heavy atom. The molecular formula is C26H31BrN2O4. The van der Waals surface area contributed by atoms with Crippen LogP contribution in [0.15, 0.2) is 52.5 Å². The molecule has 33 heavy (non-hydrogen) atoms. The lowest BCUT2D eigenvalue weighted by Crippen LogP contribution is -2.32. The maximum absolute atomic E-state index is 13.1. The number of likely N-dealkylation sites (tertiary alicyclic amines) is 1. The molecule has 0 bridgehead atoms. The second-order valence-corrected chi connectivity index (χ2v) is 9.76. The number of carbonyl (C=O) groups is 2. The second-order valence-electron chi connectivity index (χ2n) is 8.85. The van der Waals surface area contributed by atoms with E-state index in [1.807, 2.05) is 64.0 Å². The zero-order valence-corrected chi connectivity index (χ0v) is 21.3. The number of carbonyl (C=O) groups excluding carboxylic acids is 2. The molecule has 1 N–H and O–H groups in total. The molecule has 2 aromatic carbocycles. The van der Waals surface area contributed by atoms with Gasteiger partial charge in [-0.3, -0.25) is 9.59 Å². The number of rotatable bonds is 8. The van der Waals surface area contributed by atoms with E-state index in [1.54, 1.807) is 23.1 Å². The van der Waals surface area contributed by atoms with Crippen molar-refractivity contribution in [1.29, 1.82) is 0 Å². The first kappa shape index (κ1) is 25.0. The molecule has 0 radical (unpaired) electrons. The number of ether oxygens (including phenoxy) is 1. The van der Waals surface area contributed by atoms with E-state index in [-0.39, 0.29) is 17.4 Å². The van der Waals surface area contributed by atoms with Gasteiger partial charge in [-0.1, -0.05) is 28.1 Å². The van der Waals surface area contributed by atoms with E-state index in [1.165, 1.54) is 0 Å². The predicted molar refractivity (Wildman–Crippen MR) is 133 cm³/mol. The number of aryl methyl sites for hydroxylation is 1. The second kappa shape index (κ2) is 10.5. The van der Waals surface area contributed by atoms with Crippen LogP contribution < -0.4 is 4.74 Å². The number of aliphatic hydroxyl groups is 1. The first-order valence-corrected chi connectivity index (χ1v) is 11.9. The zero-order chi connectivity index (χ0) is 24.3. The van der Waals surface area contributed by atoms with Crippen LogP contribution in [0.2, 0.25) is 0 Å². The van der Waals surface area contributed by atoms with Crippen molar-refractivity contribution in [2.24, 2.45) is 0 Å². The average molecular weight is 515 g/mol. The van der Waals surface area contributed by atoms with Crippen LogP contribution >= 0.6 is 15.9 Å². The highest BCUT2D eigenvalue weighted by molar-refractivity contribution is 9.10. The molecule has 1 atom stereocenters. The molecule has 0 aliphatic carbocycles. The molecule has 0 unspecified atom stereocenters. The van der Waals surface area contributed by atoms with Crippen LogP contribution in [0.25, 0.3) is 5.76 Å². The van der Waals surface area contributed by atoms with Crippen molar-refractivity contribution in [3.63, 3.8) is 0 Å². The van der Waals surface area contributed by atoms with E-state index >= 15 is 0 Å². The van der Waals surface area contributed by atoms with Gasteiger partial charge in [-0.05, 0) is 89.3 Å². The van der Waals surface area contributed by atoms with Crippen molar-refractivity contribution in [2.75, 3.05) is 27.2 Å². The van der Waals surface area contributed by atoms with Gasteiger partial charge in [0.05, 0.1) is 17.7 Å². The third-order valence-corrected chi connectivity index (χ3v) is 6.07. The minimum absolute atomic E-state index is 0.0213. The lowest BCUT2D eigenvalue weighted by molar-refractivity contribution is -0.139. The third kappa shape index (κ3) is 5.65. The van der Waals surface area contributed by atoms with E-state index in [0.717, 1.165) is 27.9 Å². The Bertz CT molecular complexity index is 1060. The van der Waals surface area contributed by atoms with Crippen LogP contribution in [0.1, 0.15) is 43.0 Å². The largest absolute Gasteiger partial charge is 0.507 e. The Labute approximate surface area is 204 Å². The Hall–Kier alpha value is -2.64. The quantitative estimate of drug-likeness (QED) is 0.307. The maximum atomic E-state index is 13.1. The fourth-order valence-corrected chi connectivity index (χ4v) is 4.26. The van der Waals surface area contributed by atoms with Crippen LogP contribution in [0.4, 0.5) is 0 Å². The summed E-state index contributed by atoms with van der Waals surface area (Å²) in [6, 6.07) is 12.1. The van der Waals surface area contributed by atoms with Crippen LogP contribution in [-0.4, -0.2) is 59.9 Å². The fourth-order valence-electron chi connectivity index (χ4n) is 4.00. The normalized spacial score (nSPS) is 17.9. The molecule has 176 valence electrons. The van der Waals surface area contributed by atoms with E-state index in [4.69, 9.17) is 4.74 Å². The van der Waals surface area contributed by atoms with Gasteiger partial charge < -0.3 is 19.6 Å². The lowest BCUT2D eigenvalue weighted by atomic mass is 9.94. The minimum Gasteiger partial charge on any atom is -0.507 e. The Balaban J connectivity index is 2.07. The summed E-state index contributed by atoms with van der Waals surface area (Å²) in [5, 5.41) is 11.2. The summed E-state index contributed by atoms with van der Waals surface area (Å²) < 4.78 is 6.69. The summed E-state index contributed by atoms with van der Waals surface area (Å²) in [7, 11) is 3.94. The molecule has 1 aliphatic heterocycles. The molecule has 6 nitrogen and oxygen atoms in total. The maximum Gasteiger partial charge on any atom is 0.295 e. The topological polar surface area (TPSA) is 70.1 Å². The molecule has 0 aromatic heterocycles. The Morgan fingerprint density at radius 3 is 2.39 bits per heavy atom. The number of halogens is 1. The molecule has 2 aromatic rings. The van der Waals surface area contributed by atoms with Crippen LogP contribution in [-0.2, 0) is 9.59 Å². The monoisotopic (exact) mass is 514 g/mol. The van der Waals surface area contributed by atoms with E-state index < -0.39 is 17.7 Å². The molecule has 1 amide bonds. The molecule has 3 rings (SSSR count). The van der Waals surface area contributed by atoms with Gasteiger partial charge in [-0.25, -0.2) is 0 Å². The predicted octanol–water partition coefficient (Wildman–Crippen LogP) is 4.92. The standard InChI is InChI=1S/C26H31BrN2O4/c1-16(2)33-21-12-9-19(15-17(21)3)24(30)22-23(18-7-10-20(27)11-8-18)29(26(32)25(22)31)14-6-13-28(4)5/h7-12,15-16,23,30H,6,13-14H2,1-5H3/b24-22+/t23-/m1/s1. The van der Waals surface area contributed by atoms with Gasteiger partial charge in [-0.15, -0.1) is 0 Å². The molecule has 1 saturated heterocycles. The summed E-state index contributed by atoms with van der Waals surface area (Å²) in [6.07, 6.45) is 0.737. The number of ketones is 1. The first-order valence-electron chi connectivity index (χ1n) is 11.1. The Kier molecular flexibility index (Phi) is 7.97. The SMILES string of the molecule is Cc1cc(/C(O)=C2\C(=O)C(=O)N(CCCN(C)C)[C@@H]2c2ccc(Br)cc2)ccc1OC(C)C.